The molecule has 2 aromatic carbocycles. The minimum absolute atomic E-state index is 0.245. The van der Waals surface area contributed by atoms with Gasteiger partial charge < -0.3 is 4.74 Å². The van der Waals surface area contributed by atoms with E-state index in [9.17, 15) is 9.59 Å². The van der Waals surface area contributed by atoms with Gasteiger partial charge in [-0.05, 0) is 35.9 Å². The molecule has 0 amide bonds. The lowest BCUT2D eigenvalue weighted by Crippen LogP contribution is -2.30. The zero-order valence-electron chi connectivity index (χ0n) is 14.0. The Bertz CT molecular complexity index is 1080. The molecule has 0 radical (unpaired) electrons. The number of hydrogen-bond donors (Lipinski definition) is 1. The molecule has 0 aliphatic rings. The van der Waals surface area contributed by atoms with Crippen molar-refractivity contribution in [3.8, 4) is 5.75 Å². The second-order valence-corrected chi connectivity index (χ2v) is 7.10. The van der Waals surface area contributed by atoms with Gasteiger partial charge in [-0.3, -0.25) is 14.3 Å². The van der Waals surface area contributed by atoms with Crippen molar-refractivity contribution in [2.45, 2.75) is 13.0 Å². The van der Waals surface area contributed by atoms with Crippen LogP contribution in [0.15, 0.2) is 58.3 Å². The highest BCUT2D eigenvalue weighted by Gasteiger charge is 2.09. The van der Waals surface area contributed by atoms with E-state index in [0.717, 1.165) is 11.1 Å². The van der Waals surface area contributed by atoms with Crippen molar-refractivity contribution in [1.29, 1.82) is 0 Å². The van der Waals surface area contributed by atoms with Crippen molar-refractivity contribution in [2.75, 3.05) is 6.61 Å². The van der Waals surface area contributed by atoms with E-state index in [1.807, 2.05) is 12.1 Å². The topological polar surface area (TPSA) is 64.1 Å². The predicted molar refractivity (Wildman–Crippen MR) is 108 cm³/mol. The lowest BCUT2D eigenvalue weighted by molar-refractivity contribution is 0.293. The number of aromatic nitrogens is 2. The minimum Gasteiger partial charge on any atom is -0.491 e. The zero-order chi connectivity index (χ0) is 19.4. The smallest absolute Gasteiger partial charge is 0.328 e. The third-order valence-electron chi connectivity index (χ3n) is 3.91. The molecule has 1 N–H and O–H groups in total. The first-order chi connectivity index (χ1) is 12.9. The Labute approximate surface area is 170 Å². The maximum Gasteiger partial charge on any atom is 0.328 e. The van der Waals surface area contributed by atoms with Crippen LogP contribution in [0.2, 0.25) is 15.1 Å². The van der Waals surface area contributed by atoms with Crippen LogP contribution >= 0.6 is 34.8 Å². The predicted octanol–water partition coefficient (Wildman–Crippen LogP) is 4.17. The molecule has 3 rings (SSSR count). The summed E-state index contributed by atoms with van der Waals surface area (Å²) in [5, 5.41) is 1.71. The van der Waals surface area contributed by atoms with E-state index in [2.05, 4.69) is 4.98 Å². The third kappa shape index (κ3) is 5.16. The molecule has 0 fully saturated rings. The standard InChI is InChI=1S/C19H15Cl3N2O3/c20-14-3-4-17(27-8-7-24-6-5-18(25)23-19(24)26)13(10-14)9-12-1-2-15(21)11-16(12)22/h1-6,10-11H,7-9H2,(H,23,25,26). The average molecular weight is 426 g/mol. The molecule has 8 heteroatoms. The lowest BCUT2D eigenvalue weighted by Gasteiger charge is -2.13. The Morgan fingerprint density at radius 1 is 0.926 bits per heavy atom. The van der Waals surface area contributed by atoms with E-state index in [4.69, 9.17) is 39.5 Å². The van der Waals surface area contributed by atoms with Crippen molar-refractivity contribution < 1.29 is 4.74 Å². The van der Waals surface area contributed by atoms with Crippen LogP contribution in [0.25, 0.3) is 0 Å². The van der Waals surface area contributed by atoms with Gasteiger partial charge in [0.25, 0.3) is 5.56 Å². The first-order valence-corrected chi connectivity index (χ1v) is 9.21. The Morgan fingerprint density at radius 3 is 2.41 bits per heavy atom. The SMILES string of the molecule is O=c1ccn(CCOc2ccc(Cl)cc2Cc2ccc(Cl)cc2Cl)c(=O)[nH]1. The van der Waals surface area contributed by atoms with Crippen molar-refractivity contribution in [1.82, 2.24) is 9.55 Å². The van der Waals surface area contributed by atoms with Gasteiger partial charge in [0.15, 0.2) is 0 Å². The van der Waals surface area contributed by atoms with Crippen LogP contribution in [0.1, 0.15) is 11.1 Å². The summed E-state index contributed by atoms with van der Waals surface area (Å²) in [4.78, 5) is 25.0. The van der Waals surface area contributed by atoms with Crippen LogP contribution in [0.3, 0.4) is 0 Å². The van der Waals surface area contributed by atoms with Gasteiger partial charge in [-0.25, -0.2) is 4.79 Å². The first kappa shape index (κ1) is 19.5. The van der Waals surface area contributed by atoms with Gasteiger partial charge in [0.2, 0.25) is 0 Å². The van der Waals surface area contributed by atoms with Gasteiger partial charge in [-0.15, -0.1) is 0 Å². The molecule has 0 aliphatic heterocycles. The fourth-order valence-electron chi connectivity index (χ4n) is 2.57. The van der Waals surface area contributed by atoms with E-state index in [-0.39, 0.29) is 6.61 Å². The molecule has 0 bridgehead atoms. The lowest BCUT2D eigenvalue weighted by atomic mass is 10.0. The van der Waals surface area contributed by atoms with Crippen molar-refractivity contribution in [3.05, 3.63) is 95.7 Å². The van der Waals surface area contributed by atoms with Crippen LogP contribution in [-0.4, -0.2) is 16.2 Å². The average Bonchev–Trinajstić information content (AvgIpc) is 2.61. The summed E-state index contributed by atoms with van der Waals surface area (Å²) < 4.78 is 7.21. The summed E-state index contributed by atoms with van der Waals surface area (Å²) in [5.74, 6) is 0.642. The Morgan fingerprint density at radius 2 is 1.67 bits per heavy atom. The molecule has 0 spiro atoms. The van der Waals surface area contributed by atoms with Crippen molar-refractivity contribution >= 4 is 34.8 Å². The summed E-state index contributed by atoms with van der Waals surface area (Å²) in [6.07, 6.45) is 1.95. The maximum atomic E-state index is 11.7. The Balaban J connectivity index is 1.75. The zero-order valence-corrected chi connectivity index (χ0v) is 16.3. The van der Waals surface area contributed by atoms with Gasteiger partial charge in [0, 0.05) is 39.3 Å². The molecule has 3 aromatic rings. The molecular weight excluding hydrogens is 411 g/mol. The molecule has 1 heterocycles. The number of nitrogens with zero attached hydrogens (tertiary/aromatic N) is 1. The first-order valence-electron chi connectivity index (χ1n) is 8.07. The highest BCUT2D eigenvalue weighted by atomic mass is 35.5. The van der Waals surface area contributed by atoms with Crippen LogP contribution in [0.5, 0.6) is 5.75 Å². The van der Waals surface area contributed by atoms with E-state index in [0.29, 0.717) is 33.8 Å². The van der Waals surface area contributed by atoms with Crippen LogP contribution in [0, 0.1) is 0 Å². The van der Waals surface area contributed by atoms with Gasteiger partial charge in [-0.1, -0.05) is 40.9 Å². The number of aromatic amines is 1. The number of rotatable bonds is 6. The van der Waals surface area contributed by atoms with Crippen LogP contribution in [-0.2, 0) is 13.0 Å². The second kappa shape index (κ2) is 8.65. The monoisotopic (exact) mass is 424 g/mol. The van der Waals surface area contributed by atoms with Crippen LogP contribution in [0.4, 0.5) is 0 Å². The molecule has 0 unspecified atom stereocenters. The molecule has 140 valence electrons. The van der Waals surface area contributed by atoms with E-state index in [1.54, 1.807) is 24.3 Å². The second-order valence-electron chi connectivity index (χ2n) is 5.82. The van der Waals surface area contributed by atoms with E-state index >= 15 is 0 Å². The number of benzene rings is 2. The summed E-state index contributed by atoms with van der Waals surface area (Å²) in [6, 6.07) is 11.9. The Kier molecular flexibility index (Phi) is 6.26. The number of H-pyrrole nitrogens is 1. The number of ether oxygens (including phenoxy) is 1. The van der Waals surface area contributed by atoms with Gasteiger partial charge >= 0.3 is 5.69 Å². The molecule has 0 aliphatic carbocycles. The Hall–Kier alpha value is -2.21. The molecule has 5 nitrogen and oxygen atoms in total. The molecule has 0 atom stereocenters. The quantitative estimate of drug-likeness (QED) is 0.645. The molecule has 0 saturated carbocycles. The minimum atomic E-state index is -0.477. The van der Waals surface area contributed by atoms with E-state index < -0.39 is 11.2 Å². The highest BCUT2D eigenvalue weighted by Crippen LogP contribution is 2.29. The largest absolute Gasteiger partial charge is 0.491 e. The molecular formula is C19H15Cl3N2O3. The fraction of sp³-hybridized carbons (Fsp3) is 0.158. The summed E-state index contributed by atoms with van der Waals surface area (Å²) >= 11 is 18.3. The normalized spacial score (nSPS) is 10.8. The molecule has 1 aromatic heterocycles. The maximum absolute atomic E-state index is 11.7. The van der Waals surface area contributed by atoms with Crippen molar-refractivity contribution in [3.63, 3.8) is 0 Å². The van der Waals surface area contributed by atoms with Gasteiger partial charge in [0.05, 0.1) is 6.54 Å². The summed E-state index contributed by atoms with van der Waals surface area (Å²) in [7, 11) is 0. The third-order valence-corrected chi connectivity index (χ3v) is 4.73. The highest BCUT2D eigenvalue weighted by molar-refractivity contribution is 6.35. The molecule has 0 saturated heterocycles. The number of hydrogen-bond acceptors (Lipinski definition) is 3. The van der Waals surface area contributed by atoms with Crippen molar-refractivity contribution in [2.24, 2.45) is 0 Å². The van der Waals surface area contributed by atoms with Crippen LogP contribution < -0.4 is 16.0 Å². The summed E-state index contributed by atoms with van der Waals surface area (Å²) in [6.45, 7) is 0.536. The molecule has 27 heavy (non-hydrogen) atoms. The van der Waals surface area contributed by atoms with E-state index in [1.165, 1.54) is 16.8 Å². The van der Waals surface area contributed by atoms with Gasteiger partial charge in [0.1, 0.15) is 12.4 Å². The summed E-state index contributed by atoms with van der Waals surface area (Å²) in [5.41, 5.74) is 0.845. The number of halogens is 3. The fourth-order valence-corrected chi connectivity index (χ4v) is 3.24. The number of nitrogens with one attached hydrogen (secondary N) is 1. The van der Waals surface area contributed by atoms with Gasteiger partial charge in [-0.2, -0.15) is 0 Å².